The van der Waals surface area contributed by atoms with E-state index < -0.39 is 24.6 Å². The predicted octanol–water partition coefficient (Wildman–Crippen LogP) is 4.90. The van der Waals surface area contributed by atoms with Crippen LogP contribution in [0.2, 0.25) is 0 Å². The molecule has 8 nitrogen and oxygen atoms in total. The molecule has 2 aliphatic heterocycles. The normalized spacial score (nSPS) is 28.0. The van der Waals surface area contributed by atoms with Crippen LogP contribution >= 0.6 is 0 Å². The Kier molecular flexibility index (Phi) is 7.02. The van der Waals surface area contributed by atoms with Gasteiger partial charge >= 0.3 is 13.1 Å². The van der Waals surface area contributed by atoms with Crippen LogP contribution in [0.4, 0.5) is 0 Å². The van der Waals surface area contributed by atoms with Crippen molar-refractivity contribution in [1.82, 2.24) is 10.6 Å². The highest BCUT2D eigenvalue weighted by Gasteiger charge is 2.68. The van der Waals surface area contributed by atoms with E-state index in [1.807, 2.05) is 24.3 Å². The molecular formula is C33H43BN2O6. The van der Waals surface area contributed by atoms with Gasteiger partial charge < -0.3 is 29.8 Å². The zero-order valence-electron chi connectivity index (χ0n) is 25.8. The fraction of sp³-hybridized carbons (Fsp3) is 0.576. The molecule has 2 aromatic carbocycles. The number of amides is 1. The fourth-order valence-electron chi connectivity index (χ4n) is 8.13. The molecule has 5 atom stereocenters. The molecule has 224 valence electrons. The maximum atomic E-state index is 13.8. The minimum atomic E-state index is -1.06. The number of aromatic carboxylic acids is 1. The first-order valence-corrected chi connectivity index (χ1v) is 15.1. The smallest absolute Gasteiger partial charge is 0.482 e. The van der Waals surface area contributed by atoms with Crippen LogP contribution in [0.3, 0.4) is 0 Å². The molecule has 7 rings (SSSR count). The highest BCUT2D eigenvalue weighted by Crippen LogP contribution is 2.65. The number of nitrogens with one attached hydrogen (secondary N) is 2. The quantitative estimate of drug-likeness (QED) is 0.404. The summed E-state index contributed by atoms with van der Waals surface area (Å²) in [5.74, 6) is -0.578. The van der Waals surface area contributed by atoms with Gasteiger partial charge in [0.2, 0.25) is 0 Å². The average Bonchev–Trinajstić information content (AvgIpc) is 3.54. The summed E-state index contributed by atoms with van der Waals surface area (Å²) < 4.78 is 19.3. The van der Waals surface area contributed by atoms with Crippen LogP contribution in [-0.2, 0) is 34.2 Å². The maximum absolute atomic E-state index is 13.8. The van der Waals surface area contributed by atoms with Crippen molar-refractivity contribution in [2.45, 2.75) is 97.0 Å². The zero-order valence-corrected chi connectivity index (χ0v) is 25.8. The Morgan fingerprint density at radius 2 is 1.88 bits per heavy atom. The molecule has 5 aliphatic rings. The molecule has 9 heteroatoms. The molecule has 2 aromatic rings. The van der Waals surface area contributed by atoms with Crippen LogP contribution in [0.5, 0.6) is 5.75 Å². The van der Waals surface area contributed by atoms with Crippen LogP contribution in [0.15, 0.2) is 30.3 Å². The van der Waals surface area contributed by atoms with Crippen molar-refractivity contribution in [2.24, 2.45) is 17.3 Å². The second kappa shape index (κ2) is 10.1. The number of hydrogen-bond donors (Lipinski definition) is 3. The van der Waals surface area contributed by atoms with E-state index in [1.54, 1.807) is 6.07 Å². The number of benzene rings is 2. The summed E-state index contributed by atoms with van der Waals surface area (Å²) in [6.07, 6.45) is 2.29. The third-order valence-corrected chi connectivity index (χ3v) is 10.6. The van der Waals surface area contributed by atoms with Gasteiger partial charge in [0, 0.05) is 24.2 Å². The van der Waals surface area contributed by atoms with Crippen molar-refractivity contribution < 1.29 is 28.7 Å². The summed E-state index contributed by atoms with van der Waals surface area (Å²) in [5, 5.41) is 16.6. The molecule has 3 N–H and O–H groups in total. The minimum absolute atomic E-state index is 0.0564. The number of carboxylic acid groups (broad SMARTS) is 1. The predicted molar refractivity (Wildman–Crippen MR) is 161 cm³/mol. The fourth-order valence-corrected chi connectivity index (χ4v) is 8.13. The number of carbonyl (C=O) groups excluding carboxylic acids is 1. The highest BCUT2D eigenvalue weighted by atomic mass is 16.7. The molecule has 3 saturated carbocycles. The molecule has 42 heavy (non-hydrogen) atoms. The summed E-state index contributed by atoms with van der Waals surface area (Å²) in [6.45, 7) is 14.6. The minimum Gasteiger partial charge on any atom is -0.496 e. The van der Waals surface area contributed by atoms with Crippen LogP contribution in [0.25, 0.3) is 0 Å². The maximum Gasteiger partial charge on any atom is 0.482 e. The van der Waals surface area contributed by atoms with Gasteiger partial charge in [0.15, 0.2) is 0 Å². The van der Waals surface area contributed by atoms with Gasteiger partial charge in [-0.15, -0.1) is 0 Å². The third kappa shape index (κ3) is 4.65. The Labute approximate surface area is 249 Å². The van der Waals surface area contributed by atoms with Crippen molar-refractivity contribution in [3.05, 3.63) is 63.7 Å². The van der Waals surface area contributed by atoms with Gasteiger partial charge in [-0.3, -0.25) is 4.79 Å². The highest BCUT2D eigenvalue weighted by molar-refractivity contribution is 6.48. The Morgan fingerprint density at radius 3 is 2.55 bits per heavy atom. The number of fused-ring (bicyclic) bond motifs is 1. The first kappa shape index (κ1) is 29.2. The third-order valence-electron chi connectivity index (χ3n) is 10.6. The molecule has 4 fully saturated rings. The zero-order chi connectivity index (χ0) is 30.2. The van der Waals surface area contributed by atoms with E-state index in [9.17, 15) is 14.7 Å². The Morgan fingerprint density at radius 1 is 1.14 bits per heavy atom. The Hall–Kier alpha value is -2.88. The lowest BCUT2D eigenvalue weighted by atomic mass is 9.43. The monoisotopic (exact) mass is 574 g/mol. The van der Waals surface area contributed by atoms with Gasteiger partial charge in [-0.05, 0) is 83.7 Å². The molecule has 4 unspecified atom stereocenters. The molecule has 2 heterocycles. The second-order valence-corrected chi connectivity index (χ2v) is 14.4. The Bertz CT molecular complexity index is 1430. The standard InChI is InChI=1S/C33H43BN2O6/c1-31(2,3)24-11-10-22(30(38)39)28(40-7)23(24)15-27(36-29(37)18-8-9-19-16-35-17-20(19)12-18)34-41-26-14-21-13-25(32(21,4)5)33(26,6)42-34/h8-12,21,25-27,35H,13-17H2,1-7H3,(H,36,37)(H,38,39)/t21?,25?,26?,27-,33?/m0/s1. The van der Waals surface area contributed by atoms with E-state index in [0.29, 0.717) is 29.6 Å². The second-order valence-electron chi connectivity index (χ2n) is 14.4. The molecule has 1 amide bonds. The van der Waals surface area contributed by atoms with Gasteiger partial charge in [-0.25, -0.2) is 4.79 Å². The van der Waals surface area contributed by atoms with Gasteiger partial charge in [0.25, 0.3) is 5.91 Å². The summed E-state index contributed by atoms with van der Waals surface area (Å²) in [5.41, 5.74) is 4.12. The van der Waals surface area contributed by atoms with Gasteiger partial charge in [-0.2, -0.15) is 0 Å². The van der Waals surface area contributed by atoms with E-state index >= 15 is 0 Å². The number of hydrogen-bond acceptors (Lipinski definition) is 6. The summed E-state index contributed by atoms with van der Waals surface area (Å²) >= 11 is 0. The molecule has 0 aromatic heterocycles. The topological polar surface area (TPSA) is 106 Å². The van der Waals surface area contributed by atoms with Crippen molar-refractivity contribution >= 4 is 19.0 Å². The van der Waals surface area contributed by atoms with E-state index in [4.69, 9.17) is 14.0 Å². The summed E-state index contributed by atoms with van der Waals surface area (Å²) in [7, 11) is 0.804. The number of ether oxygens (including phenoxy) is 1. The molecule has 0 radical (unpaired) electrons. The van der Waals surface area contributed by atoms with E-state index in [1.165, 1.54) is 12.7 Å². The summed E-state index contributed by atoms with van der Waals surface area (Å²) in [6, 6.07) is 9.28. The van der Waals surface area contributed by atoms with Crippen molar-refractivity contribution in [2.75, 3.05) is 7.11 Å². The molecule has 1 saturated heterocycles. The molecule has 3 aliphatic carbocycles. The SMILES string of the molecule is COc1c(C(=O)O)ccc(C(C)(C)C)c1C[C@H](NC(=O)c1ccc2c(c1)CNC2)B1OC2CC3CC(C3(C)C)C2(C)O1. The lowest BCUT2D eigenvalue weighted by Crippen LogP contribution is -2.65. The van der Waals surface area contributed by atoms with E-state index in [0.717, 1.165) is 42.6 Å². The van der Waals surface area contributed by atoms with Crippen LogP contribution in [0, 0.1) is 17.3 Å². The van der Waals surface area contributed by atoms with Gasteiger partial charge in [-0.1, -0.05) is 46.8 Å². The van der Waals surface area contributed by atoms with Gasteiger partial charge in [0.05, 0.1) is 24.8 Å². The van der Waals surface area contributed by atoms with Crippen molar-refractivity contribution in [3.63, 3.8) is 0 Å². The average molecular weight is 575 g/mol. The van der Waals surface area contributed by atoms with Crippen LogP contribution in [-0.4, -0.2) is 48.9 Å². The van der Waals surface area contributed by atoms with Gasteiger partial charge in [0.1, 0.15) is 11.3 Å². The molecule has 2 bridgehead atoms. The summed E-state index contributed by atoms with van der Waals surface area (Å²) in [4.78, 5) is 26.0. The molecule has 0 spiro atoms. The number of methoxy groups -OCH3 is 1. The first-order valence-electron chi connectivity index (χ1n) is 15.1. The molecular weight excluding hydrogens is 531 g/mol. The van der Waals surface area contributed by atoms with Crippen molar-refractivity contribution in [3.8, 4) is 5.75 Å². The van der Waals surface area contributed by atoms with Crippen LogP contribution in [0.1, 0.15) is 97.4 Å². The van der Waals surface area contributed by atoms with Crippen molar-refractivity contribution in [1.29, 1.82) is 0 Å². The largest absolute Gasteiger partial charge is 0.496 e. The first-order chi connectivity index (χ1) is 19.7. The lowest BCUT2D eigenvalue weighted by molar-refractivity contribution is -0.199. The van der Waals surface area contributed by atoms with E-state index in [-0.39, 0.29) is 28.4 Å². The van der Waals surface area contributed by atoms with Crippen LogP contribution < -0.4 is 15.4 Å². The van der Waals surface area contributed by atoms with E-state index in [2.05, 4.69) is 52.2 Å². The number of carboxylic acids is 1. The number of carbonyl (C=O) groups is 2. The lowest BCUT2D eigenvalue weighted by Gasteiger charge is -2.64. The number of rotatable bonds is 7. The Balaban J connectivity index is 1.38.